The highest BCUT2D eigenvalue weighted by Gasteiger charge is 2.31. The van der Waals surface area contributed by atoms with Gasteiger partial charge in [0.05, 0.1) is 80.4 Å². The molecule has 18 heteroatoms. The molecule has 2 aromatic carbocycles. The molecule has 6 heterocycles. The zero-order valence-electron chi connectivity index (χ0n) is 27.5. The van der Waals surface area contributed by atoms with Gasteiger partial charge in [-0.05, 0) is 54.3 Å². The Bertz CT molecular complexity index is 2460. The molecule has 0 saturated carbocycles. The van der Waals surface area contributed by atoms with Gasteiger partial charge in [-0.15, -0.1) is 22.7 Å². The summed E-state index contributed by atoms with van der Waals surface area (Å²) in [6, 6.07) is 13.7. The maximum atomic E-state index is 12.0. The molecular formula is C35H28Cl4N4O7S3. The Morgan fingerprint density at radius 2 is 1.30 bits per heavy atom. The number of fused-ring (bicyclic) bond motifs is 6. The SMILES string of the molecule is O=S(=O)(O)c1cc2c(s1)-c1c(c(COCCCOCc3nn(-c4ccc(Cl)cc4Cl)c4c3CCOc3ccsc3-4)nn1-c1ccc(Cl)cc1Cl)CCO2. The Labute approximate surface area is 332 Å². The molecule has 0 atom stereocenters. The van der Waals surface area contributed by atoms with Crippen molar-refractivity contribution in [2.24, 2.45) is 0 Å². The zero-order valence-corrected chi connectivity index (χ0v) is 33.0. The Hall–Kier alpha value is -3.15. The Kier molecular flexibility index (Phi) is 10.5. The fourth-order valence-electron chi connectivity index (χ4n) is 6.33. The molecule has 0 fully saturated rings. The van der Waals surface area contributed by atoms with Gasteiger partial charge in [0.1, 0.15) is 11.5 Å². The van der Waals surface area contributed by atoms with Crippen molar-refractivity contribution >= 4 is 79.2 Å². The van der Waals surface area contributed by atoms with Crippen LogP contribution in [0.2, 0.25) is 20.1 Å². The maximum Gasteiger partial charge on any atom is 0.304 e. The molecule has 2 aliphatic rings. The van der Waals surface area contributed by atoms with E-state index in [1.54, 1.807) is 46.4 Å². The summed E-state index contributed by atoms with van der Waals surface area (Å²) in [5, 5.41) is 13.7. The van der Waals surface area contributed by atoms with E-state index in [0.29, 0.717) is 92.6 Å². The second-order valence-electron chi connectivity index (χ2n) is 12.1. The molecule has 0 saturated heterocycles. The first-order chi connectivity index (χ1) is 25.6. The average Bonchev–Trinajstić information content (AvgIpc) is 3.86. The first-order valence-corrected chi connectivity index (χ1v) is 20.9. The third-order valence-corrected chi connectivity index (χ3v) is 13.1. The van der Waals surface area contributed by atoms with Crippen LogP contribution in [-0.2, 0) is 45.6 Å². The molecule has 0 radical (unpaired) electrons. The Balaban J connectivity index is 0.976. The molecule has 8 rings (SSSR count). The maximum absolute atomic E-state index is 12.0. The van der Waals surface area contributed by atoms with Crippen LogP contribution in [0.15, 0.2) is 58.1 Å². The molecule has 0 amide bonds. The van der Waals surface area contributed by atoms with Gasteiger partial charge in [0.15, 0.2) is 4.21 Å². The molecule has 4 aromatic heterocycles. The standard InChI is InChI=1S/C35H28Cl4N4O7S3/c36-19-2-4-27(23(38)14-19)42-32-21(6-11-49-29-8-13-51-34(29)32)25(40-42)17-47-9-1-10-48-18-26-22-7-12-50-30-16-31(53(44,45)46)52-35(30)33(22)43(41-26)28-5-3-20(37)15-24(28)39/h2-5,8,13-16H,1,6-7,9-12,17-18H2,(H,44,45,46). The van der Waals surface area contributed by atoms with Crippen molar-refractivity contribution in [3.05, 3.63) is 96.5 Å². The van der Waals surface area contributed by atoms with Crippen LogP contribution in [0, 0.1) is 0 Å². The van der Waals surface area contributed by atoms with Crippen molar-refractivity contribution in [3.63, 3.8) is 0 Å². The van der Waals surface area contributed by atoms with E-state index in [1.165, 1.54) is 6.07 Å². The Morgan fingerprint density at radius 3 is 1.85 bits per heavy atom. The van der Waals surface area contributed by atoms with E-state index in [0.717, 1.165) is 44.5 Å². The molecule has 0 spiro atoms. The predicted molar refractivity (Wildman–Crippen MR) is 206 cm³/mol. The first-order valence-electron chi connectivity index (χ1n) is 16.3. The van der Waals surface area contributed by atoms with Crippen molar-refractivity contribution in [1.29, 1.82) is 0 Å². The summed E-state index contributed by atoms with van der Waals surface area (Å²) in [6.07, 6.45) is 1.75. The van der Waals surface area contributed by atoms with Crippen LogP contribution in [0.3, 0.4) is 0 Å². The molecule has 53 heavy (non-hydrogen) atoms. The number of thiophene rings is 2. The monoisotopic (exact) mass is 852 g/mol. The predicted octanol–water partition coefficient (Wildman–Crippen LogP) is 9.37. The lowest BCUT2D eigenvalue weighted by Crippen LogP contribution is -2.06. The van der Waals surface area contributed by atoms with E-state index < -0.39 is 10.1 Å². The fraction of sp³-hybridized carbons (Fsp3) is 0.257. The smallest absolute Gasteiger partial charge is 0.304 e. The average molecular weight is 855 g/mol. The van der Waals surface area contributed by atoms with E-state index in [1.807, 2.05) is 22.2 Å². The van der Waals surface area contributed by atoms with Crippen LogP contribution in [0.4, 0.5) is 0 Å². The van der Waals surface area contributed by atoms with Crippen LogP contribution in [0.5, 0.6) is 11.5 Å². The molecule has 2 aliphatic heterocycles. The molecule has 6 aromatic rings. The summed E-state index contributed by atoms with van der Waals surface area (Å²) in [5.41, 5.74) is 6.13. The molecule has 276 valence electrons. The van der Waals surface area contributed by atoms with Gasteiger partial charge in [0.25, 0.3) is 0 Å². The van der Waals surface area contributed by atoms with E-state index in [-0.39, 0.29) is 24.0 Å². The number of rotatable bonds is 11. The highest BCUT2D eigenvalue weighted by molar-refractivity contribution is 7.88. The van der Waals surface area contributed by atoms with E-state index in [4.69, 9.17) is 75.5 Å². The number of hydrogen-bond acceptors (Lipinski definition) is 10. The topological polar surface area (TPSA) is 127 Å². The molecule has 1 N–H and O–H groups in total. The number of benzene rings is 2. The second-order valence-corrected chi connectivity index (χ2v) is 17.4. The number of aromatic nitrogens is 4. The summed E-state index contributed by atoms with van der Waals surface area (Å²) >= 11 is 28.1. The number of halogens is 4. The summed E-state index contributed by atoms with van der Waals surface area (Å²) < 4.78 is 61.3. The largest absolute Gasteiger partial charge is 0.492 e. The third-order valence-electron chi connectivity index (χ3n) is 8.67. The molecule has 0 aliphatic carbocycles. The summed E-state index contributed by atoms with van der Waals surface area (Å²) in [5.74, 6) is 1.15. The Morgan fingerprint density at radius 1 is 0.755 bits per heavy atom. The molecule has 11 nitrogen and oxygen atoms in total. The zero-order chi connectivity index (χ0) is 36.9. The lowest BCUT2D eigenvalue weighted by Gasteiger charge is -2.10. The lowest BCUT2D eigenvalue weighted by atomic mass is 10.1. The van der Waals surface area contributed by atoms with Gasteiger partial charge in [-0.3, -0.25) is 4.55 Å². The minimum absolute atomic E-state index is 0.176. The highest BCUT2D eigenvalue weighted by atomic mass is 35.5. The van der Waals surface area contributed by atoms with Crippen molar-refractivity contribution < 1.29 is 31.9 Å². The quantitative estimate of drug-likeness (QED) is 0.100. The van der Waals surface area contributed by atoms with Gasteiger partial charge < -0.3 is 18.9 Å². The minimum Gasteiger partial charge on any atom is -0.492 e. The van der Waals surface area contributed by atoms with Gasteiger partial charge in [-0.1, -0.05) is 46.4 Å². The van der Waals surface area contributed by atoms with Crippen molar-refractivity contribution in [1.82, 2.24) is 19.6 Å². The molecule has 0 bridgehead atoms. The van der Waals surface area contributed by atoms with Crippen molar-refractivity contribution in [2.45, 2.75) is 36.7 Å². The molecule has 0 unspecified atom stereocenters. The van der Waals surface area contributed by atoms with E-state index in [9.17, 15) is 13.0 Å². The number of nitrogens with zero attached hydrogens (tertiary/aromatic N) is 4. The number of hydrogen-bond donors (Lipinski definition) is 1. The van der Waals surface area contributed by atoms with Crippen LogP contribution in [0.25, 0.3) is 32.5 Å². The van der Waals surface area contributed by atoms with Gasteiger partial charge in [-0.2, -0.15) is 18.6 Å². The summed E-state index contributed by atoms with van der Waals surface area (Å²) in [7, 11) is -4.46. The lowest BCUT2D eigenvalue weighted by molar-refractivity contribution is 0.0667. The van der Waals surface area contributed by atoms with Crippen LogP contribution < -0.4 is 9.47 Å². The fourth-order valence-corrected chi connectivity index (χ4v) is 10.0. The van der Waals surface area contributed by atoms with E-state index in [2.05, 4.69) is 0 Å². The van der Waals surface area contributed by atoms with Gasteiger partial charge >= 0.3 is 10.1 Å². The van der Waals surface area contributed by atoms with Crippen molar-refractivity contribution in [3.8, 4) is 44.0 Å². The van der Waals surface area contributed by atoms with Crippen LogP contribution in [0.1, 0.15) is 28.9 Å². The summed E-state index contributed by atoms with van der Waals surface area (Å²) in [6.45, 7) is 2.05. The van der Waals surface area contributed by atoms with Crippen LogP contribution in [-0.4, -0.2) is 59.0 Å². The normalized spacial score (nSPS) is 13.7. The van der Waals surface area contributed by atoms with Crippen LogP contribution >= 0.6 is 69.1 Å². The summed E-state index contributed by atoms with van der Waals surface area (Å²) in [4.78, 5) is 1.49. The van der Waals surface area contributed by atoms with Gasteiger partial charge in [-0.25, -0.2) is 9.36 Å². The minimum atomic E-state index is -4.46. The second kappa shape index (κ2) is 15.2. The first kappa shape index (κ1) is 36.8. The molecular weight excluding hydrogens is 826 g/mol. The highest BCUT2D eigenvalue weighted by Crippen LogP contribution is 2.46. The van der Waals surface area contributed by atoms with Gasteiger partial charge in [0.2, 0.25) is 0 Å². The third kappa shape index (κ3) is 7.34. The van der Waals surface area contributed by atoms with E-state index >= 15 is 0 Å². The van der Waals surface area contributed by atoms with Gasteiger partial charge in [0, 0.05) is 53.3 Å². The van der Waals surface area contributed by atoms with Crippen molar-refractivity contribution in [2.75, 3.05) is 26.4 Å². The number of ether oxygens (including phenoxy) is 4.